The van der Waals surface area contributed by atoms with E-state index < -0.39 is 6.61 Å². The summed E-state index contributed by atoms with van der Waals surface area (Å²) in [6.07, 6.45) is 8.55. The van der Waals surface area contributed by atoms with Gasteiger partial charge in [-0.1, -0.05) is 111 Å². The van der Waals surface area contributed by atoms with E-state index >= 15 is 0 Å². The molecule has 14 nitrogen and oxygen atoms in total. The number of rotatable bonds is 8. The highest BCUT2D eigenvalue weighted by atomic mass is 16.3. The third-order valence-corrected chi connectivity index (χ3v) is 6.73. The van der Waals surface area contributed by atoms with Crippen molar-refractivity contribution in [2.75, 3.05) is 6.61 Å². The topological polar surface area (TPSA) is 267 Å². The van der Waals surface area contributed by atoms with E-state index in [4.69, 9.17) is 16.2 Å². The number of ketones is 1. The molecule has 0 aliphatic carbocycles. The van der Waals surface area contributed by atoms with Gasteiger partial charge in [0, 0.05) is 29.1 Å². The van der Waals surface area contributed by atoms with E-state index in [1.807, 2.05) is 48.5 Å². The number of nitriles is 1. The number of aliphatic hydroxyl groups excluding tert-OH is 1. The first-order chi connectivity index (χ1) is 25.8. The molecule has 3 aromatic heterocycles. The van der Waals surface area contributed by atoms with Gasteiger partial charge in [0.1, 0.15) is 24.1 Å². The van der Waals surface area contributed by atoms with E-state index in [-0.39, 0.29) is 17.2 Å². The molecule has 0 radical (unpaired) electrons. The third-order valence-electron chi connectivity index (χ3n) is 6.73. The summed E-state index contributed by atoms with van der Waals surface area (Å²) in [6.45, 7) is 10.5. The van der Waals surface area contributed by atoms with Gasteiger partial charge in [-0.3, -0.25) is 36.8 Å². The second-order valence-electron chi connectivity index (χ2n) is 10.1. The van der Waals surface area contributed by atoms with Crippen LogP contribution in [0, 0.1) is 11.3 Å². The number of benzene rings is 3. The molecule has 6 rings (SSSR count). The monoisotopic (exact) mass is 726 g/mol. The number of pyridine rings is 2. The molecule has 6 aromatic rings. The summed E-state index contributed by atoms with van der Waals surface area (Å²) < 4.78 is 0. The molecule has 0 aliphatic heterocycles. The molecule has 0 unspecified atom stereocenters. The molecule has 3 aromatic carbocycles. The molecule has 0 aliphatic rings. The van der Waals surface area contributed by atoms with Crippen LogP contribution in [-0.4, -0.2) is 54.0 Å². The van der Waals surface area contributed by atoms with Gasteiger partial charge in [-0.15, -0.1) is 0 Å². The van der Waals surface area contributed by atoms with Crippen LogP contribution in [0.15, 0.2) is 141 Å². The van der Waals surface area contributed by atoms with Gasteiger partial charge in [0.15, 0.2) is 17.4 Å². The van der Waals surface area contributed by atoms with Gasteiger partial charge in [-0.05, 0) is 53.1 Å². The summed E-state index contributed by atoms with van der Waals surface area (Å²) in [4.78, 5) is 34.3. The van der Waals surface area contributed by atoms with E-state index in [1.165, 1.54) is 0 Å². The number of Topliss-reactive ketones (excluding diaryl/α,β-unsaturated/α-hetero) is 1. The number of aromatic nitrogens is 5. The Morgan fingerprint density at radius 2 is 1.26 bits per heavy atom. The fourth-order valence-corrected chi connectivity index (χ4v) is 3.96. The van der Waals surface area contributed by atoms with Crippen LogP contribution in [0.5, 0.6) is 0 Å². The van der Waals surface area contributed by atoms with Gasteiger partial charge >= 0.3 is 0 Å². The van der Waals surface area contributed by atoms with Crippen LogP contribution >= 0.6 is 0 Å². The van der Waals surface area contributed by atoms with Crippen molar-refractivity contribution < 1.29 is 20.2 Å². The molecule has 3 heterocycles. The highest BCUT2D eigenvalue weighted by Gasteiger charge is 2.08. The number of amides is 1. The van der Waals surface area contributed by atoms with Gasteiger partial charge in [0.05, 0.1) is 0 Å². The number of aliphatic hydroxyl groups is 1. The first-order valence-corrected chi connectivity index (χ1v) is 15.7. The number of carbonyl (C=O) groups is 2. The molecule has 54 heavy (non-hydrogen) atoms. The average molecular weight is 727 g/mol. The fraction of sp³-hybridized carbons (Fsp3) is 0.0250. The van der Waals surface area contributed by atoms with Crippen molar-refractivity contribution in [1.29, 1.82) is 5.26 Å². The largest absolute Gasteiger partial charge is 0.412 e. The number of carbonyl (C=O) groups excluding carboxylic acids is 2. The summed E-state index contributed by atoms with van der Waals surface area (Å²) in [5.74, 6) is 13.7. The van der Waals surface area contributed by atoms with Crippen molar-refractivity contribution in [3.63, 3.8) is 0 Å². The lowest BCUT2D eigenvalue weighted by Crippen LogP contribution is -2.29. The summed E-state index contributed by atoms with van der Waals surface area (Å²) in [5, 5.41) is 23.9. The van der Waals surface area contributed by atoms with Crippen LogP contribution in [0.4, 0.5) is 0 Å². The van der Waals surface area contributed by atoms with Crippen LogP contribution in [0.25, 0.3) is 41.1 Å². The highest BCUT2D eigenvalue weighted by Crippen LogP contribution is 2.19. The fourth-order valence-electron chi connectivity index (χ4n) is 3.96. The number of H-pyrrole nitrogens is 1. The Kier molecular flexibility index (Phi) is 21.3. The van der Waals surface area contributed by atoms with Crippen LogP contribution in [0.1, 0.15) is 43.1 Å². The Hall–Kier alpha value is -7.25. The van der Waals surface area contributed by atoms with Crippen LogP contribution in [0.2, 0.25) is 0 Å². The van der Waals surface area contributed by atoms with Gasteiger partial charge < -0.3 is 10.6 Å². The zero-order valence-electron chi connectivity index (χ0n) is 29.3. The lowest BCUT2D eigenvalue weighted by atomic mass is 10.1. The average Bonchev–Trinajstić information content (AvgIpc) is 3.76. The molecule has 0 saturated carbocycles. The Morgan fingerprint density at radius 3 is 1.67 bits per heavy atom. The number of hydrogen-bond acceptors (Lipinski definition) is 11. The molecule has 0 fully saturated rings. The van der Waals surface area contributed by atoms with Crippen molar-refractivity contribution in [2.45, 2.75) is 0 Å². The molecular formula is C40H42N10O4. The van der Waals surface area contributed by atoms with Gasteiger partial charge in [0.2, 0.25) is 0 Å². The Bertz CT molecular complexity index is 1980. The molecule has 276 valence electrons. The number of hydrazine groups is 2. The number of nitrogen functional groups attached to an aromatic ring is 1. The molecule has 0 atom stereocenters. The van der Waals surface area contributed by atoms with Crippen molar-refractivity contribution in [1.82, 2.24) is 30.6 Å². The zero-order chi connectivity index (χ0) is 38.8. The number of nitrogens with zero attached hydrogens (tertiary/aromatic N) is 5. The summed E-state index contributed by atoms with van der Waals surface area (Å²) >= 11 is 0. The van der Waals surface area contributed by atoms with E-state index in [1.54, 1.807) is 97.4 Å². The van der Waals surface area contributed by atoms with Gasteiger partial charge in [-0.25, -0.2) is 15.8 Å². The van der Waals surface area contributed by atoms with Crippen LogP contribution in [-0.2, 0) is 0 Å². The lowest BCUT2D eigenvalue weighted by molar-refractivity contribution is 0.0903. The minimum absolute atomic E-state index is 0. The first-order valence-electron chi connectivity index (χ1n) is 15.7. The quantitative estimate of drug-likeness (QED) is 0.0548. The molecule has 0 spiro atoms. The predicted molar refractivity (Wildman–Crippen MR) is 212 cm³/mol. The summed E-state index contributed by atoms with van der Waals surface area (Å²) in [7, 11) is 0. The van der Waals surface area contributed by atoms with Crippen molar-refractivity contribution in [2.24, 2.45) is 17.5 Å². The second kappa shape index (κ2) is 25.7. The standard InChI is InChI=1S/C15H12N4.C10H10O2.C9H10N2O.C6H4N2.H4N2.H2O/c1-2-11-6-8-12(9-7-11)14-17-15(19-18-14)13-5-3-4-10-16-13;1-2-8-3-5-9(6-4-8)10(12)7-11;1-2-7-3-5-8(6-4-7)9(12)11-10;7-5-6-3-1-2-4-8-6;1-2;/h2-10H,1H2,(H,17,18,19);2-6,11H,1,7H2;2-6H,1,10H2,(H,11,12);1-4H;1-2H2;1H2. The smallest absolute Gasteiger partial charge is 0.265 e. The summed E-state index contributed by atoms with van der Waals surface area (Å²) in [5.41, 5.74) is 8.35. The number of aromatic amines is 1. The number of nitrogens with two attached hydrogens (primary N) is 3. The molecule has 14 heteroatoms. The lowest BCUT2D eigenvalue weighted by Gasteiger charge is -1.98. The van der Waals surface area contributed by atoms with E-state index in [2.05, 4.69) is 62.0 Å². The molecule has 0 bridgehead atoms. The van der Waals surface area contributed by atoms with E-state index in [9.17, 15) is 9.59 Å². The minimum Gasteiger partial charge on any atom is -0.412 e. The van der Waals surface area contributed by atoms with Crippen molar-refractivity contribution >= 4 is 29.9 Å². The zero-order valence-corrected chi connectivity index (χ0v) is 29.3. The predicted octanol–water partition coefficient (Wildman–Crippen LogP) is 4.56. The third kappa shape index (κ3) is 14.9. The maximum atomic E-state index is 11.0. The SMILES string of the molecule is C=Cc1ccc(-c2n[nH]c(-c3ccccn3)n2)cc1.C=Cc1ccc(C(=O)CO)cc1.C=Cc1ccc(C(=O)NN)cc1.N#Cc1ccccn1.NN.O. The van der Waals surface area contributed by atoms with Gasteiger partial charge in [-0.2, -0.15) is 10.4 Å². The number of nitrogens with one attached hydrogen (secondary N) is 2. The Morgan fingerprint density at radius 1 is 0.759 bits per heavy atom. The second-order valence-corrected chi connectivity index (χ2v) is 10.1. The number of hydrogen-bond donors (Lipinski definition) is 6. The normalized spacial score (nSPS) is 9.02. The van der Waals surface area contributed by atoms with Crippen LogP contribution < -0.4 is 23.0 Å². The van der Waals surface area contributed by atoms with E-state index in [0.717, 1.165) is 27.9 Å². The van der Waals surface area contributed by atoms with Gasteiger partial charge in [0.25, 0.3) is 5.91 Å². The maximum absolute atomic E-state index is 11.0. The highest BCUT2D eigenvalue weighted by molar-refractivity contribution is 5.97. The molecule has 11 N–H and O–H groups in total. The van der Waals surface area contributed by atoms with Crippen LogP contribution in [0.3, 0.4) is 0 Å². The van der Waals surface area contributed by atoms with E-state index in [0.29, 0.717) is 28.5 Å². The maximum Gasteiger partial charge on any atom is 0.265 e. The first kappa shape index (κ1) is 44.8. The minimum atomic E-state index is -0.437. The van der Waals surface area contributed by atoms with Crippen molar-refractivity contribution in [3.05, 3.63) is 175 Å². The molecular weight excluding hydrogens is 685 g/mol. The molecule has 1 amide bonds. The summed E-state index contributed by atoms with van der Waals surface area (Å²) in [6, 6.07) is 34.7. The van der Waals surface area contributed by atoms with Crippen molar-refractivity contribution in [3.8, 4) is 29.0 Å². The molecule has 0 saturated heterocycles. The Labute approximate surface area is 313 Å². The Balaban J connectivity index is 0.000000368.